The Morgan fingerprint density at radius 3 is 2.52 bits per heavy atom. The largest absolute Gasteiger partial charge is 0.444 e. The number of rotatable bonds is 1. The van der Waals surface area contributed by atoms with Crippen LogP contribution in [-0.2, 0) is 21.4 Å². The zero-order chi connectivity index (χ0) is 15.8. The van der Waals surface area contributed by atoms with Crippen LogP contribution in [0.15, 0.2) is 24.3 Å². The van der Waals surface area contributed by atoms with Crippen LogP contribution < -0.4 is 5.32 Å². The molecule has 0 aliphatic heterocycles. The lowest BCUT2D eigenvalue weighted by Crippen LogP contribution is -2.53. The molecule has 1 aromatic carbocycles. The van der Waals surface area contributed by atoms with Gasteiger partial charge in [0.25, 0.3) is 0 Å². The molecule has 1 amide bonds. The van der Waals surface area contributed by atoms with E-state index in [-0.39, 0.29) is 5.78 Å². The molecule has 1 N–H and O–H groups in total. The van der Waals surface area contributed by atoms with Crippen LogP contribution >= 0.6 is 0 Å². The second kappa shape index (κ2) is 5.17. The average Bonchev–Trinajstić information content (AvgIpc) is 2.34. The molecule has 0 spiro atoms. The summed E-state index contributed by atoms with van der Waals surface area (Å²) in [5, 5.41) is 2.71. The lowest BCUT2D eigenvalue weighted by molar-refractivity contribution is -0.126. The fourth-order valence-electron chi connectivity index (χ4n) is 2.76. The minimum absolute atomic E-state index is 0.0204. The first kappa shape index (κ1) is 15.5. The van der Waals surface area contributed by atoms with Crippen molar-refractivity contribution < 1.29 is 14.3 Å². The van der Waals surface area contributed by atoms with E-state index in [9.17, 15) is 9.59 Å². The third-order valence-electron chi connectivity index (χ3n) is 3.74. The molecule has 1 aromatic rings. The van der Waals surface area contributed by atoms with Crippen LogP contribution in [0.5, 0.6) is 0 Å². The number of ketones is 1. The summed E-state index contributed by atoms with van der Waals surface area (Å²) in [6.45, 7) is 9.20. The zero-order valence-electron chi connectivity index (χ0n) is 13.3. The lowest BCUT2D eigenvalue weighted by atomic mass is 9.70. The van der Waals surface area contributed by atoms with Crippen LogP contribution in [0, 0.1) is 0 Å². The number of hydrogen-bond acceptors (Lipinski definition) is 3. The van der Waals surface area contributed by atoms with Gasteiger partial charge in [-0.1, -0.05) is 24.3 Å². The molecule has 0 bridgehead atoms. The highest BCUT2D eigenvalue weighted by molar-refractivity contribution is 5.97. The van der Waals surface area contributed by atoms with E-state index < -0.39 is 23.2 Å². The zero-order valence-corrected chi connectivity index (χ0v) is 13.3. The smallest absolute Gasteiger partial charge is 0.408 e. The minimum Gasteiger partial charge on any atom is -0.444 e. The normalized spacial score (nSPS) is 20.6. The summed E-state index contributed by atoms with van der Waals surface area (Å²) in [5.74, 6) is 0.0204. The van der Waals surface area contributed by atoms with E-state index in [2.05, 4.69) is 5.32 Å². The number of benzene rings is 1. The summed E-state index contributed by atoms with van der Waals surface area (Å²) in [4.78, 5) is 24.6. The Bertz CT molecular complexity index is 570. The molecule has 2 rings (SSSR count). The lowest BCUT2D eigenvalue weighted by Gasteiger charge is -2.36. The maximum atomic E-state index is 12.6. The van der Waals surface area contributed by atoms with Crippen molar-refractivity contribution in [2.45, 2.75) is 58.1 Å². The monoisotopic (exact) mass is 289 g/mol. The molecule has 4 heteroatoms. The van der Waals surface area contributed by atoms with Gasteiger partial charge in [0.15, 0.2) is 5.78 Å². The van der Waals surface area contributed by atoms with Gasteiger partial charge in [-0.25, -0.2) is 4.79 Å². The van der Waals surface area contributed by atoms with E-state index in [0.717, 1.165) is 11.1 Å². The van der Waals surface area contributed by atoms with E-state index >= 15 is 0 Å². The van der Waals surface area contributed by atoms with Gasteiger partial charge < -0.3 is 10.1 Å². The number of alkyl carbamates (subject to hydrolysis) is 1. The van der Waals surface area contributed by atoms with Gasteiger partial charge in [-0.15, -0.1) is 0 Å². The Morgan fingerprint density at radius 1 is 1.29 bits per heavy atom. The summed E-state index contributed by atoms with van der Waals surface area (Å²) in [7, 11) is 0. The van der Waals surface area contributed by atoms with E-state index in [0.29, 0.717) is 6.42 Å². The Hall–Kier alpha value is -1.84. The quantitative estimate of drug-likeness (QED) is 0.864. The minimum atomic E-state index is -0.603. The molecule has 0 saturated heterocycles. The predicted octanol–water partition coefficient (Wildman–Crippen LogP) is 2.98. The molecule has 114 valence electrons. The van der Waals surface area contributed by atoms with Crippen molar-refractivity contribution in [3.8, 4) is 0 Å². The predicted molar refractivity (Wildman–Crippen MR) is 81.3 cm³/mol. The van der Waals surface area contributed by atoms with Gasteiger partial charge >= 0.3 is 6.09 Å². The Labute approximate surface area is 125 Å². The molecule has 4 nitrogen and oxygen atoms in total. The van der Waals surface area contributed by atoms with Gasteiger partial charge in [-0.2, -0.15) is 0 Å². The van der Waals surface area contributed by atoms with Crippen molar-refractivity contribution in [1.29, 1.82) is 0 Å². The molecule has 0 fully saturated rings. The van der Waals surface area contributed by atoms with Crippen LogP contribution in [0.3, 0.4) is 0 Å². The Morgan fingerprint density at radius 2 is 1.90 bits per heavy atom. The van der Waals surface area contributed by atoms with Gasteiger partial charge in [0.2, 0.25) is 0 Å². The molecule has 1 unspecified atom stereocenters. The van der Waals surface area contributed by atoms with Crippen LogP contribution in [0.1, 0.15) is 45.7 Å². The number of Topliss-reactive ketones (excluding diaryl/α,β-unsaturated/α-hetero) is 1. The molecule has 0 saturated carbocycles. The standard InChI is InChI=1S/C17H23NO3/c1-16(2,3)21-15(20)18-13-10-11-8-6-7-9-12(11)17(4,5)14(13)19/h6-9,13H,10H2,1-5H3,(H,18,20). The van der Waals surface area contributed by atoms with Gasteiger partial charge in [-0.05, 0) is 45.7 Å². The molecule has 1 atom stereocenters. The van der Waals surface area contributed by atoms with Crippen molar-refractivity contribution >= 4 is 11.9 Å². The maximum absolute atomic E-state index is 12.6. The molecule has 0 aromatic heterocycles. The third kappa shape index (κ3) is 3.26. The third-order valence-corrected chi connectivity index (χ3v) is 3.74. The fourth-order valence-corrected chi connectivity index (χ4v) is 2.76. The van der Waals surface area contributed by atoms with E-state index in [1.165, 1.54) is 0 Å². The van der Waals surface area contributed by atoms with E-state index in [4.69, 9.17) is 4.74 Å². The highest BCUT2D eigenvalue weighted by Gasteiger charge is 2.42. The number of ether oxygens (including phenoxy) is 1. The number of nitrogens with one attached hydrogen (secondary N) is 1. The number of carbonyl (C=O) groups excluding carboxylic acids is 2. The van der Waals surface area contributed by atoms with Crippen LogP contribution in [0.25, 0.3) is 0 Å². The highest BCUT2D eigenvalue weighted by atomic mass is 16.6. The molecule has 1 aliphatic carbocycles. The van der Waals surface area contributed by atoms with Crippen molar-refractivity contribution in [3.63, 3.8) is 0 Å². The van der Waals surface area contributed by atoms with Gasteiger partial charge in [-0.3, -0.25) is 4.79 Å². The summed E-state index contributed by atoms with van der Waals surface area (Å²) in [5.41, 5.74) is 0.962. The number of carbonyl (C=O) groups is 2. The maximum Gasteiger partial charge on any atom is 0.408 e. The van der Waals surface area contributed by atoms with Gasteiger partial charge in [0.05, 0.1) is 11.5 Å². The molecule has 0 heterocycles. The Kier molecular flexibility index (Phi) is 3.83. The van der Waals surface area contributed by atoms with Crippen LogP contribution in [-0.4, -0.2) is 23.5 Å². The number of amides is 1. The number of hydrogen-bond donors (Lipinski definition) is 1. The van der Waals surface area contributed by atoms with Crippen molar-refractivity contribution in [2.24, 2.45) is 0 Å². The van der Waals surface area contributed by atoms with E-state index in [1.807, 2.05) is 38.1 Å². The summed E-state index contributed by atoms with van der Waals surface area (Å²) >= 11 is 0. The molecule has 1 aliphatic rings. The summed E-state index contributed by atoms with van der Waals surface area (Å²) in [6, 6.07) is 7.35. The van der Waals surface area contributed by atoms with Crippen LogP contribution in [0.2, 0.25) is 0 Å². The van der Waals surface area contributed by atoms with E-state index in [1.54, 1.807) is 20.8 Å². The van der Waals surface area contributed by atoms with Crippen molar-refractivity contribution in [2.75, 3.05) is 0 Å². The first-order valence-electron chi connectivity index (χ1n) is 7.23. The second-order valence-corrected chi connectivity index (χ2v) is 7.05. The summed E-state index contributed by atoms with van der Waals surface area (Å²) < 4.78 is 5.24. The van der Waals surface area contributed by atoms with Crippen molar-refractivity contribution in [3.05, 3.63) is 35.4 Å². The van der Waals surface area contributed by atoms with Gasteiger partial charge in [0.1, 0.15) is 5.60 Å². The summed E-state index contributed by atoms with van der Waals surface area (Å²) in [6.07, 6.45) is -0.0338. The molecule has 0 radical (unpaired) electrons. The topological polar surface area (TPSA) is 55.4 Å². The van der Waals surface area contributed by atoms with Crippen LogP contribution in [0.4, 0.5) is 4.79 Å². The highest BCUT2D eigenvalue weighted by Crippen LogP contribution is 2.34. The average molecular weight is 289 g/mol. The van der Waals surface area contributed by atoms with Gasteiger partial charge in [0, 0.05) is 6.42 Å². The number of fused-ring (bicyclic) bond motifs is 1. The molecule has 21 heavy (non-hydrogen) atoms. The Balaban J connectivity index is 2.21. The fraction of sp³-hybridized carbons (Fsp3) is 0.529. The second-order valence-electron chi connectivity index (χ2n) is 7.05. The SMILES string of the molecule is CC(C)(C)OC(=O)NC1Cc2ccccc2C(C)(C)C1=O. The molecular weight excluding hydrogens is 266 g/mol. The first-order chi connectivity index (χ1) is 9.61. The van der Waals surface area contributed by atoms with Crippen molar-refractivity contribution in [1.82, 2.24) is 5.32 Å². The first-order valence-corrected chi connectivity index (χ1v) is 7.23. The molecular formula is C17H23NO3.